The van der Waals surface area contributed by atoms with E-state index in [0.29, 0.717) is 17.9 Å². The summed E-state index contributed by atoms with van der Waals surface area (Å²) in [6.45, 7) is 2.11. The zero-order valence-corrected chi connectivity index (χ0v) is 9.99. The molecule has 2 aromatic heterocycles. The quantitative estimate of drug-likeness (QED) is 0.599. The van der Waals surface area contributed by atoms with E-state index in [0.717, 1.165) is 25.0 Å². The SMILES string of the molecule is Nc1ncnc2c1ncn2CCOCCP. The van der Waals surface area contributed by atoms with Gasteiger partial charge in [0.2, 0.25) is 0 Å². The molecule has 1 unspecified atom stereocenters. The van der Waals surface area contributed by atoms with E-state index in [9.17, 15) is 0 Å². The summed E-state index contributed by atoms with van der Waals surface area (Å²) in [7, 11) is 2.62. The average molecular weight is 239 g/mol. The lowest BCUT2D eigenvalue weighted by Crippen LogP contribution is -2.07. The van der Waals surface area contributed by atoms with Crippen LogP contribution in [0.2, 0.25) is 0 Å². The second-order valence-electron chi connectivity index (χ2n) is 3.27. The summed E-state index contributed by atoms with van der Waals surface area (Å²) in [6.07, 6.45) is 4.10. The minimum atomic E-state index is 0.412. The van der Waals surface area contributed by atoms with Crippen LogP contribution in [0, 0.1) is 0 Å². The van der Waals surface area contributed by atoms with Gasteiger partial charge < -0.3 is 15.0 Å². The standard InChI is InChI=1S/C9H14N5OP/c10-8-7-9(12-5-11-8)14(6-13-7)1-2-15-3-4-16/h5-6H,1-4,16H2,(H2,10,11,12). The molecule has 2 N–H and O–H groups in total. The molecular weight excluding hydrogens is 225 g/mol. The van der Waals surface area contributed by atoms with Gasteiger partial charge in [-0.05, 0) is 6.16 Å². The molecule has 0 aliphatic rings. The second kappa shape index (κ2) is 5.18. The predicted octanol–water partition coefficient (Wildman–Crippen LogP) is 0.300. The van der Waals surface area contributed by atoms with Gasteiger partial charge >= 0.3 is 0 Å². The summed E-state index contributed by atoms with van der Waals surface area (Å²) in [6, 6.07) is 0. The number of nitrogens with two attached hydrogens (primary N) is 1. The Hall–Kier alpha value is -1.26. The third-order valence-corrected chi connectivity index (χ3v) is 2.40. The van der Waals surface area contributed by atoms with Crippen LogP contribution in [0.15, 0.2) is 12.7 Å². The first-order valence-corrected chi connectivity index (χ1v) is 5.83. The molecule has 2 aromatic rings. The van der Waals surface area contributed by atoms with Crippen molar-refractivity contribution < 1.29 is 4.74 Å². The van der Waals surface area contributed by atoms with Crippen molar-refractivity contribution in [3.8, 4) is 0 Å². The highest BCUT2D eigenvalue weighted by molar-refractivity contribution is 7.16. The van der Waals surface area contributed by atoms with E-state index >= 15 is 0 Å². The van der Waals surface area contributed by atoms with Crippen LogP contribution in [0.3, 0.4) is 0 Å². The predicted molar refractivity (Wildman–Crippen MR) is 65.1 cm³/mol. The molecule has 86 valence electrons. The number of hydrogen-bond donors (Lipinski definition) is 1. The molecule has 2 rings (SSSR count). The molecule has 0 radical (unpaired) electrons. The lowest BCUT2D eigenvalue weighted by Gasteiger charge is -2.04. The van der Waals surface area contributed by atoms with Gasteiger partial charge in [0.05, 0.1) is 19.5 Å². The van der Waals surface area contributed by atoms with Gasteiger partial charge in [-0.2, -0.15) is 0 Å². The highest BCUT2D eigenvalue weighted by Crippen LogP contribution is 2.13. The van der Waals surface area contributed by atoms with Crippen molar-refractivity contribution in [2.45, 2.75) is 6.54 Å². The summed E-state index contributed by atoms with van der Waals surface area (Å²) in [5, 5.41) is 0. The number of hydrogen-bond acceptors (Lipinski definition) is 5. The van der Waals surface area contributed by atoms with Crippen LogP contribution in [0.1, 0.15) is 0 Å². The number of ether oxygens (including phenoxy) is 1. The first kappa shape index (κ1) is 11.2. The highest BCUT2D eigenvalue weighted by Gasteiger charge is 2.06. The van der Waals surface area contributed by atoms with E-state index in [4.69, 9.17) is 10.5 Å². The maximum atomic E-state index is 5.68. The van der Waals surface area contributed by atoms with Gasteiger partial charge in [0.25, 0.3) is 0 Å². The van der Waals surface area contributed by atoms with Crippen LogP contribution < -0.4 is 5.73 Å². The Bertz CT molecular complexity index is 472. The van der Waals surface area contributed by atoms with Gasteiger partial charge in [0.1, 0.15) is 11.8 Å². The molecule has 0 aliphatic heterocycles. The Morgan fingerprint density at radius 1 is 1.31 bits per heavy atom. The van der Waals surface area contributed by atoms with Crippen molar-refractivity contribution in [2.24, 2.45) is 0 Å². The van der Waals surface area contributed by atoms with Crippen molar-refractivity contribution in [1.29, 1.82) is 0 Å². The van der Waals surface area contributed by atoms with Gasteiger partial charge in [-0.1, -0.05) is 0 Å². The molecule has 0 saturated carbocycles. The topological polar surface area (TPSA) is 78.9 Å². The maximum Gasteiger partial charge on any atom is 0.165 e. The summed E-state index contributed by atoms with van der Waals surface area (Å²) in [4.78, 5) is 12.2. The molecule has 2 heterocycles. The fourth-order valence-corrected chi connectivity index (χ4v) is 1.58. The van der Waals surface area contributed by atoms with E-state index in [1.807, 2.05) is 4.57 Å². The number of imidazole rings is 1. The molecular formula is C9H14N5OP. The highest BCUT2D eigenvalue weighted by atomic mass is 31.0. The minimum Gasteiger partial charge on any atom is -0.382 e. The molecule has 7 heteroatoms. The van der Waals surface area contributed by atoms with E-state index in [1.54, 1.807) is 6.33 Å². The van der Waals surface area contributed by atoms with Crippen LogP contribution in [0.25, 0.3) is 11.2 Å². The monoisotopic (exact) mass is 239 g/mol. The lowest BCUT2D eigenvalue weighted by molar-refractivity contribution is 0.142. The van der Waals surface area contributed by atoms with Crippen molar-refractivity contribution in [3.05, 3.63) is 12.7 Å². The first-order chi connectivity index (χ1) is 7.83. The number of nitrogen functional groups attached to an aromatic ring is 1. The minimum absolute atomic E-state index is 0.412. The van der Waals surface area contributed by atoms with Gasteiger partial charge in [0, 0.05) is 6.54 Å². The largest absolute Gasteiger partial charge is 0.382 e. The summed E-state index contributed by atoms with van der Waals surface area (Å²) in [5.74, 6) is 0.412. The molecule has 16 heavy (non-hydrogen) atoms. The van der Waals surface area contributed by atoms with Crippen molar-refractivity contribution in [1.82, 2.24) is 19.5 Å². The zero-order valence-electron chi connectivity index (χ0n) is 8.83. The van der Waals surface area contributed by atoms with E-state index < -0.39 is 0 Å². The van der Waals surface area contributed by atoms with E-state index in [-0.39, 0.29) is 0 Å². The number of rotatable bonds is 5. The Labute approximate surface area is 95.4 Å². The Morgan fingerprint density at radius 2 is 2.19 bits per heavy atom. The Balaban J connectivity index is 2.10. The first-order valence-electron chi connectivity index (χ1n) is 5.02. The third-order valence-electron chi connectivity index (χ3n) is 2.17. The molecule has 0 amide bonds. The summed E-state index contributed by atoms with van der Waals surface area (Å²) < 4.78 is 7.30. The van der Waals surface area contributed by atoms with Crippen LogP contribution >= 0.6 is 9.24 Å². The molecule has 0 saturated heterocycles. The smallest absolute Gasteiger partial charge is 0.165 e. The van der Waals surface area contributed by atoms with Crippen molar-refractivity contribution >= 4 is 26.2 Å². The Kier molecular flexibility index (Phi) is 3.64. The average Bonchev–Trinajstić information content (AvgIpc) is 2.70. The summed E-state index contributed by atoms with van der Waals surface area (Å²) >= 11 is 0. The fourth-order valence-electron chi connectivity index (χ4n) is 1.41. The van der Waals surface area contributed by atoms with Crippen LogP contribution in [0.4, 0.5) is 5.82 Å². The van der Waals surface area contributed by atoms with Gasteiger partial charge in [-0.25, -0.2) is 15.0 Å². The van der Waals surface area contributed by atoms with Gasteiger partial charge in [0.15, 0.2) is 11.5 Å². The van der Waals surface area contributed by atoms with E-state index in [2.05, 4.69) is 24.2 Å². The normalized spacial score (nSPS) is 11.1. The van der Waals surface area contributed by atoms with E-state index in [1.165, 1.54) is 6.33 Å². The van der Waals surface area contributed by atoms with Crippen LogP contribution in [0.5, 0.6) is 0 Å². The maximum absolute atomic E-state index is 5.68. The summed E-state index contributed by atoms with van der Waals surface area (Å²) in [5.41, 5.74) is 7.08. The Morgan fingerprint density at radius 3 is 3.00 bits per heavy atom. The molecule has 0 aromatic carbocycles. The van der Waals surface area contributed by atoms with Gasteiger partial charge in [-0.3, -0.25) is 0 Å². The van der Waals surface area contributed by atoms with Crippen LogP contribution in [-0.4, -0.2) is 38.9 Å². The molecule has 1 atom stereocenters. The second-order valence-corrected chi connectivity index (χ2v) is 3.85. The van der Waals surface area contributed by atoms with Crippen LogP contribution in [-0.2, 0) is 11.3 Å². The number of aromatic nitrogens is 4. The molecule has 0 fully saturated rings. The molecule has 0 aliphatic carbocycles. The van der Waals surface area contributed by atoms with Crippen molar-refractivity contribution in [3.63, 3.8) is 0 Å². The van der Waals surface area contributed by atoms with Crippen molar-refractivity contribution in [2.75, 3.05) is 25.1 Å². The molecule has 0 bridgehead atoms. The fraction of sp³-hybridized carbons (Fsp3) is 0.444. The zero-order chi connectivity index (χ0) is 11.4. The lowest BCUT2D eigenvalue weighted by atomic mass is 10.5. The number of nitrogens with zero attached hydrogens (tertiary/aromatic N) is 4. The number of anilines is 1. The molecule has 6 nitrogen and oxygen atoms in total. The third kappa shape index (κ3) is 2.28. The number of fused-ring (bicyclic) bond motifs is 1. The molecule has 0 spiro atoms. The van der Waals surface area contributed by atoms with Gasteiger partial charge in [-0.15, -0.1) is 9.24 Å².